The molecule has 0 amide bonds. The van der Waals surface area contributed by atoms with E-state index in [2.05, 4.69) is 22.4 Å². The highest BCUT2D eigenvalue weighted by molar-refractivity contribution is 5.67. The number of hydrogen-bond acceptors (Lipinski definition) is 10. The van der Waals surface area contributed by atoms with E-state index in [0.717, 1.165) is 22.3 Å². The van der Waals surface area contributed by atoms with Crippen LogP contribution in [0.25, 0.3) is 0 Å². The maximum absolute atomic E-state index is 11.3. The van der Waals surface area contributed by atoms with Gasteiger partial charge in [0.25, 0.3) is 0 Å². The van der Waals surface area contributed by atoms with Crippen molar-refractivity contribution in [3.8, 4) is 40.6 Å². The van der Waals surface area contributed by atoms with Gasteiger partial charge < -0.3 is 34.3 Å². The summed E-state index contributed by atoms with van der Waals surface area (Å²) in [6.07, 6.45) is 2.59. The van der Waals surface area contributed by atoms with Crippen LogP contribution in [0.3, 0.4) is 0 Å². The Kier molecular flexibility index (Phi) is 5.83. The molecular formula is C28H31N3O7. The Bertz CT molecular complexity index is 1370. The molecule has 38 heavy (non-hydrogen) atoms. The first kappa shape index (κ1) is 24.7. The summed E-state index contributed by atoms with van der Waals surface area (Å²) in [7, 11) is 3.37. The number of phenolic OH excluding ortho intramolecular Hbond substituents is 2. The topological polar surface area (TPSA) is 128 Å². The Morgan fingerprint density at radius 3 is 2.63 bits per heavy atom. The van der Waals surface area contributed by atoms with Crippen LogP contribution in [0.15, 0.2) is 18.7 Å². The molecule has 0 aromatic heterocycles. The third-order valence-electron chi connectivity index (χ3n) is 8.58. The van der Waals surface area contributed by atoms with E-state index in [1.54, 1.807) is 12.1 Å². The summed E-state index contributed by atoms with van der Waals surface area (Å²) in [4.78, 5) is 4.21. The largest absolute Gasteiger partial charge is 0.504 e. The minimum Gasteiger partial charge on any atom is -0.504 e. The fraction of sp³-hybridized carbons (Fsp3) is 0.464. The highest BCUT2D eigenvalue weighted by Crippen LogP contribution is 2.58. The van der Waals surface area contributed by atoms with Gasteiger partial charge in [-0.15, -0.1) is 0 Å². The van der Waals surface area contributed by atoms with Crippen LogP contribution in [0, 0.1) is 18.3 Å². The van der Waals surface area contributed by atoms with Crippen molar-refractivity contribution in [2.24, 2.45) is 0 Å². The van der Waals surface area contributed by atoms with Gasteiger partial charge in [0, 0.05) is 34.3 Å². The lowest BCUT2D eigenvalue weighted by molar-refractivity contribution is -0.0825. The van der Waals surface area contributed by atoms with Crippen molar-refractivity contribution >= 4 is 0 Å². The second-order valence-electron chi connectivity index (χ2n) is 10.2. The Hall–Kier alpha value is -3.65. The third-order valence-corrected chi connectivity index (χ3v) is 8.58. The van der Waals surface area contributed by atoms with Crippen molar-refractivity contribution in [1.82, 2.24) is 9.80 Å². The van der Waals surface area contributed by atoms with Gasteiger partial charge in [0.05, 0.1) is 31.9 Å². The Balaban J connectivity index is 1.60. The number of aromatic hydroxyl groups is 2. The van der Waals surface area contributed by atoms with E-state index in [1.165, 1.54) is 7.11 Å². The van der Waals surface area contributed by atoms with Gasteiger partial charge in [0.15, 0.2) is 23.0 Å². The number of phenols is 2. The molecule has 2 aromatic rings. The van der Waals surface area contributed by atoms with Crippen molar-refractivity contribution < 1.29 is 34.3 Å². The van der Waals surface area contributed by atoms with Gasteiger partial charge in [-0.25, -0.2) is 0 Å². The average molecular weight is 522 g/mol. The van der Waals surface area contributed by atoms with Gasteiger partial charge in [-0.3, -0.25) is 9.80 Å². The van der Waals surface area contributed by atoms with E-state index in [9.17, 15) is 20.6 Å². The zero-order valence-corrected chi connectivity index (χ0v) is 21.6. The number of hydrogen-bond donors (Lipinski definition) is 3. The lowest BCUT2D eigenvalue weighted by atomic mass is 9.72. The first-order valence-electron chi connectivity index (χ1n) is 12.7. The van der Waals surface area contributed by atoms with Crippen molar-refractivity contribution in [2.45, 2.75) is 50.0 Å². The quantitative estimate of drug-likeness (QED) is 0.505. The highest BCUT2D eigenvalue weighted by atomic mass is 16.7. The normalized spacial score (nSPS) is 27.1. The van der Waals surface area contributed by atoms with Gasteiger partial charge in [-0.2, -0.15) is 5.26 Å². The van der Waals surface area contributed by atoms with E-state index in [1.807, 2.05) is 14.0 Å². The average Bonchev–Trinajstić information content (AvgIpc) is 3.39. The summed E-state index contributed by atoms with van der Waals surface area (Å²) in [6.45, 7) is 5.81. The van der Waals surface area contributed by atoms with Gasteiger partial charge in [-0.05, 0) is 38.4 Å². The molecule has 0 radical (unpaired) electrons. The molecule has 10 heteroatoms. The summed E-state index contributed by atoms with van der Waals surface area (Å²) >= 11 is 0. The molecule has 0 saturated carbocycles. The molecule has 1 unspecified atom stereocenters. The number of ether oxygens (including phenoxy) is 4. The van der Waals surface area contributed by atoms with Crippen LogP contribution < -0.4 is 18.9 Å². The maximum Gasteiger partial charge on any atom is 0.231 e. The van der Waals surface area contributed by atoms with Crippen molar-refractivity contribution in [3.63, 3.8) is 0 Å². The standard InChI is InChI=1S/C28H31N3O7/c1-5-6-36-25-13(2)26-28(38-12-37-26)22-15(25)9-17-23-21-14(8-20(33)27(35-4)24(21)34)7-16(30(23)3)18(10-29)31(17)19(22)11-32/h5,8,16-19,23,32-34H,1,6-7,9,11-12H2,2-4H3/t16-,17-,18-,19?,23-/m0/s1. The van der Waals surface area contributed by atoms with E-state index in [0.29, 0.717) is 35.7 Å². The zero-order valence-electron chi connectivity index (χ0n) is 21.6. The van der Waals surface area contributed by atoms with Crippen LogP contribution in [0.5, 0.6) is 34.5 Å². The number of fused-ring (bicyclic) bond motifs is 9. The fourth-order valence-electron chi connectivity index (χ4n) is 7.13. The minimum atomic E-state index is -0.567. The van der Waals surface area contributed by atoms with Crippen molar-refractivity contribution in [1.29, 1.82) is 5.26 Å². The van der Waals surface area contributed by atoms with Gasteiger partial charge in [0.1, 0.15) is 18.4 Å². The number of rotatable bonds is 5. The first-order valence-corrected chi connectivity index (χ1v) is 12.7. The monoisotopic (exact) mass is 521 g/mol. The number of nitriles is 1. The van der Waals surface area contributed by atoms with Crippen LogP contribution >= 0.6 is 0 Å². The zero-order chi connectivity index (χ0) is 26.9. The number of likely N-dealkylation sites (N-methyl/N-ethyl adjacent to an activating group) is 1. The van der Waals surface area contributed by atoms with E-state index >= 15 is 0 Å². The Morgan fingerprint density at radius 1 is 1.18 bits per heavy atom. The van der Waals surface area contributed by atoms with E-state index in [-0.39, 0.29) is 55.4 Å². The lowest BCUT2D eigenvalue weighted by Gasteiger charge is -2.59. The van der Waals surface area contributed by atoms with Crippen LogP contribution in [-0.4, -0.2) is 77.4 Å². The van der Waals surface area contributed by atoms with E-state index < -0.39 is 12.1 Å². The molecular weight excluding hydrogens is 490 g/mol. The molecule has 6 rings (SSSR count). The maximum atomic E-state index is 11.3. The number of aliphatic hydroxyl groups is 1. The molecule has 3 N–H and O–H groups in total. The molecule has 4 aliphatic rings. The van der Waals surface area contributed by atoms with Gasteiger partial charge in [0.2, 0.25) is 12.5 Å². The molecule has 2 bridgehead atoms. The third kappa shape index (κ3) is 3.16. The number of methoxy groups -OCH3 is 1. The second-order valence-corrected chi connectivity index (χ2v) is 10.2. The summed E-state index contributed by atoms with van der Waals surface area (Å²) < 4.78 is 23.3. The number of aliphatic hydroxyl groups excluding tert-OH is 1. The summed E-state index contributed by atoms with van der Waals surface area (Å²) in [5, 5.41) is 43.1. The van der Waals surface area contributed by atoms with E-state index in [4.69, 9.17) is 18.9 Å². The molecule has 5 atom stereocenters. The van der Waals surface area contributed by atoms with Gasteiger partial charge in [-0.1, -0.05) is 12.7 Å². The van der Waals surface area contributed by atoms with Crippen LogP contribution in [0.2, 0.25) is 0 Å². The molecule has 4 aliphatic heterocycles. The van der Waals surface area contributed by atoms with Crippen LogP contribution in [0.1, 0.15) is 39.9 Å². The second kappa shape index (κ2) is 8.98. The summed E-state index contributed by atoms with van der Waals surface area (Å²) in [5.74, 6) is 1.60. The van der Waals surface area contributed by atoms with Crippen molar-refractivity contribution in [3.05, 3.63) is 46.5 Å². The predicted molar refractivity (Wildman–Crippen MR) is 136 cm³/mol. The molecule has 1 fully saturated rings. The number of benzene rings is 2. The molecule has 0 spiro atoms. The predicted octanol–water partition coefficient (Wildman–Crippen LogP) is 2.47. The van der Waals surface area contributed by atoms with Crippen LogP contribution in [0.4, 0.5) is 0 Å². The molecule has 2 aromatic carbocycles. The Labute approximate surface area is 220 Å². The lowest BCUT2D eigenvalue weighted by Crippen LogP contribution is -2.68. The molecule has 200 valence electrons. The molecule has 1 saturated heterocycles. The first-order chi connectivity index (χ1) is 18.4. The molecule has 10 nitrogen and oxygen atoms in total. The smallest absolute Gasteiger partial charge is 0.231 e. The van der Waals surface area contributed by atoms with Crippen molar-refractivity contribution in [2.75, 3.05) is 34.2 Å². The van der Waals surface area contributed by atoms with Crippen LogP contribution in [-0.2, 0) is 12.8 Å². The number of nitrogens with zero attached hydrogens (tertiary/aromatic N) is 3. The highest BCUT2D eigenvalue weighted by Gasteiger charge is 2.56. The molecule has 0 aliphatic carbocycles. The van der Waals surface area contributed by atoms with Gasteiger partial charge >= 0.3 is 0 Å². The SMILES string of the molecule is C=CCOc1c(C)c2c(c3c1C[C@H]1[C@H]4c5c(cc(O)c(OC)c5O)C[C@@H]([C@H](C#N)N1C3CO)N4C)OCO2. The summed E-state index contributed by atoms with van der Waals surface area (Å²) in [5.41, 5.74) is 3.91. The Morgan fingerprint density at radius 2 is 1.95 bits per heavy atom. The number of piperazine rings is 1. The fourth-order valence-corrected chi connectivity index (χ4v) is 7.13. The summed E-state index contributed by atoms with van der Waals surface area (Å²) in [6, 6.07) is 2.12. The molecule has 4 heterocycles. The minimum absolute atomic E-state index is 0.0219.